The first-order chi connectivity index (χ1) is 9.06. The van der Waals surface area contributed by atoms with Gasteiger partial charge in [-0.1, -0.05) is 22.0 Å². The zero-order valence-corrected chi connectivity index (χ0v) is 11.4. The Bertz CT molecular complexity index is 619. The molecule has 4 nitrogen and oxygen atoms in total. The van der Waals surface area contributed by atoms with Crippen molar-refractivity contribution in [2.75, 3.05) is 5.32 Å². The molecule has 0 heterocycles. The monoisotopic (exact) mass is 324 g/mol. The van der Waals surface area contributed by atoms with Crippen molar-refractivity contribution in [1.29, 1.82) is 0 Å². The van der Waals surface area contributed by atoms with Gasteiger partial charge >= 0.3 is 0 Å². The largest absolute Gasteiger partial charge is 0.381 e. The Morgan fingerprint density at radius 1 is 1.26 bits per heavy atom. The van der Waals surface area contributed by atoms with Gasteiger partial charge < -0.3 is 5.32 Å². The van der Waals surface area contributed by atoms with Crippen molar-refractivity contribution >= 4 is 27.3 Å². The molecule has 0 saturated carbocycles. The van der Waals surface area contributed by atoms with Crippen molar-refractivity contribution in [3.8, 4) is 0 Å². The van der Waals surface area contributed by atoms with Gasteiger partial charge in [0.05, 0.1) is 4.92 Å². The van der Waals surface area contributed by atoms with E-state index in [9.17, 15) is 14.5 Å². The number of rotatable bonds is 4. The Kier molecular flexibility index (Phi) is 4.11. The van der Waals surface area contributed by atoms with Crippen LogP contribution in [0.3, 0.4) is 0 Å². The molecule has 0 unspecified atom stereocenters. The summed E-state index contributed by atoms with van der Waals surface area (Å²) in [4.78, 5) is 10.2. The number of nitro benzene ring substituents is 1. The summed E-state index contributed by atoms with van der Waals surface area (Å²) in [6.45, 7) is 0.446. The van der Waals surface area contributed by atoms with Crippen LogP contribution in [0.25, 0.3) is 0 Å². The van der Waals surface area contributed by atoms with E-state index in [1.54, 1.807) is 18.2 Å². The number of benzene rings is 2. The lowest BCUT2D eigenvalue weighted by molar-refractivity contribution is -0.384. The van der Waals surface area contributed by atoms with Crippen molar-refractivity contribution in [2.45, 2.75) is 6.54 Å². The molecular weight excluding hydrogens is 315 g/mol. The second-order valence-corrected chi connectivity index (χ2v) is 4.75. The summed E-state index contributed by atoms with van der Waals surface area (Å²) in [5.41, 5.74) is 1.54. The van der Waals surface area contributed by atoms with Gasteiger partial charge in [0.25, 0.3) is 5.69 Å². The van der Waals surface area contributed by atoms with Crippen LogP contribution in [0.5, 0.6) is 0 Å². The van der Waals surface area contributed by atoms with E-state index in [2.05, 4.69) is 21.2 Å². The molecule has 0 saturated heterocycles. The first-order valence-corrected chi connectivity index (χ1v) is 6.28. The molecule has 0 spiro atoms. The Hall–Kier alpha value is -1.95. The minimum Gasteiger partial charge on any atom is -0.381 e. The molecule has 2 rings (SSSR count). The second kappa shape index (κ2) is 5.79. The fourth-order valence-corrected chi connectivity index (χ4v) is 2.10. The molecule has 0 fully saturated rings. The summed E-state index contributed by atoms with van der Waals surface area (Å²) in [7, 11) is 0. The van der Waals surface area contributed by atoms with E-state index in [-0.39, 0.29) is 11.5 Å². The van der Waals surface area contributed by atoms with Gasteiger partial charge in [-0.25, -0.2) is 4.39 Å². The van der Waals surface area contributed by atoms with Gasteiger partial charge in [-0.15, -0.1) is 0 Å². The van der Waals surface area contributed by atoms with Gasteiger partial charge in [0.2, 0.25) is 0 Å². The average Bonchev–Trinajstić information content (AvgIpc) is 2.37. The summed E-state index contributed by atoms with van der Waals surface area (Å²) >= 11 is 3.28. The molecule has 1 N–H and O–H groups in total. The molecule has 0 aliphatic rings. The number of non-ortho nitro benzene ring substituents is 1. The van der Waals surface area contributed by atoms with E-state index < -0.39 is 4.92 Å². The predicted molar refractivity (Wildman–Crippen MR) is 74.5 cm³/mol. The van der Waals surface area contributed by atoms with Crippen LogP contribution >= 0.6 is 15.9 Å². The second-order valence-electron chi connectivity index (χ2n) is 3.90. The van der Waals surface area contributed by atoms with Crippen LogP contribution in [-0.2, 0) is 6.54 Å². The first-order valence-electron chi connectivity index (χ1n) is 5.48. The molecule has 0 atom stereocenters. The molecular formula is C13H10BrFN2O2. The number of nitrogens with one attached hydrogen (secondary N) is 1. The molecule has 2 aromatic rings. The average molecular weight is 325 g/mol. The molecule has 0 radical (unpaired) electrons. The minimum absolute atomic E-state index is 0.0291. The van der Waals surface area contributed by atoms with Crippen LogP contribution in [0.15, 0.2) is 46.9 Å². The van der Waals surface area contributed by atoms with Crippen molar-refractivity contribution in [3.05, 3.63) is 68.4 Å². The summed E-state index contributed by atoms with van der Waals surface area (Å²) in [6.07, 6.45) is 0. The molecule has 0 aliphatic carbocycles. The normalized spacial score (nSPS) is 10.2. The third-order valence-corrected chi connectivity index (χ3v) is 3.29. The number of halogens is 2. The highest BCUT2D eigenvalue weighted by Crippen LogP contribution is 2.23. The van der Waals surface area contributed by atoms with E-state index >= 15 is 0 Å². The highest BCUT2D eigenvalue weighted by atomic mass is 79.9. The van der Waals surface area contributed by atoms with Gasteiger partial charge in [-0.3, -0.25) is 10.1 Å². The highest BCUT2D eigenvalue weighted by molar-refractivity contribution is 9.10. The third kappa shape index (κ3) is 3.51. The van der Waals surface area contributed by atoms with E-state index in [1.165, 1.54) is 24.3 Å². The lowest BCUT2D eigenvalue weighted by atomic mass is 10.2. The van der Waals surface area contributed by atoms with E-state index in [0.29, 0.717) is 16.7 Å². The molecule has 2 aromatic carbocycles. The third-order valence-electron chi connectivity index (χ3n) is 2.56. The molecule has 0 aliphatic heterocycles. The topological polar surface area (TPSA) is 55.2 Å². The lowest BCUT2D eigenvalue weighted by Gasteiger charge is -2.08. The van der Waals surface area contributed by atoms with Crippen LogP contribution in [0.2, 0.25) is 0 Å². The maximum absolute atomic E-state index is 13.0. The van der Waals surface area contributed by atoms with Crippen LogP contribution in [0, 0.1) is 15.9 Å². The standard InChI is InChI=1S/C13H10BrFN2O2/c14-13-7-12(17(18)19)5-4-9(13)8-16-11-3-1-2-10(15)6-11/h1-7,16H,8H2. The van der Waals surface area contributed by atoms with Crippen molar-refractivity contribution in [1.82, 2.24) is 0 Å². The molecule has 0 aromatic heterocycles. The fraction of sp³-hybridized carbons (Fsp3) is 0.0769. The minimum atomic E-state index is -0.450. The molecule has 98 valence electrons. The van der Waals surface area contributed by atoms with Crippen molar-refractivity contribution < 1.29 is 9.31 Å². The van der Waals surface area contributed by atoms with Crippen molar-refractivity contribution in [3.63, 3.8) is 0 Å². The summed E-state index contributed by atoms with van der Waals surface area (Å²) in [5.74, 6) is -0.312. The van der Waals surface area contributed by atoms with Gasteiger partial charge in [0.15, 0.2) is 0 Å². The summed E-state index contributed by atoms with van der Waals surface area (Å²) in [6, 6.07) is 10.7. The van der Waals surface area contributed by atoms with Gasteiger partial charge in [-0.2, -0.15) is 0 Å². The fourth-order valence-electron chi connectivity index (χ4n) is 1.59. The number of anilines is 1. The number of nitro groups is 1. The molecule has 19 heavy (non-hydrogen) atoms. The Labute approximate surface area is 117 Å². The maximum Gasteiger partial charge on any atom is 0.270 e. The Morgan fingerprint density at radius 3 is 2.68 bits per heavy atom. The highest BCUT2D eigenvalue weighted by Gasteiger charge is 2.08. The van der Waals surface area contributed by atoms with Crippen LogP contribution in [0.1, 0.15) is 5.56 Å². The summed E-state index contributed by atoms with van der Waals surface area (Å²) < 4.78 is 13.6. The molecule has 0 bridgehead atoms. The van der Waals surface area contributed by atoms with Crippen LogP contribution < -0.4 is 5.32 Å². The number of hydrogen-bond acceptors (Lipinski definition) is 3. The van der Waals surface area contributed by atoms with Crippen LogP contribution in [-0.4, -0.2) is 4.92 Å². The first kappa shape index (κ1) is 13.5. The smallest absolute Gasteiger partial charge is 0.270 e. The number of nitrogens with zero attached hydrogens (tertiary/aromatic N) is 1. The number of hydrogen-bond donors (Lipinski definition) is 1. The Morgan fingerprint density at radius 2 is 2.05 bits per heavy atom. The quantitative estimate of drug-likeness (QED) is 0.680. The lowest BCUT2D eigenvalue weighted by Crippen LogP contribution is -2.01. The maximum atomic E-state index is 13.0. The zero-order chi connectivity index (χ0) is 13.8. The van der Waals surface area contributed by atoms with Crippen LogP contribution in [0.4, 0.5) is 15.8 Å². The summed E-state index contributed by atoms with van der Waals surface area (Å²) in [5, 5.41) is 13.7. The van der Waals surface area contributed by atoms with E-state index in [0.717, 1.165) is 5.56 Å². The van der Waals surface area contributed by atoms with E-state index in [1.807, 2.05) is 0 Å². The molecule has 6 heteroatoms. The predicted octanol–water partition coefficient (Wildman–Crippen LogP) is 4.11. The van der Waals surface area contributed by atoms with Gasteiger partial charge in [0.1, 0.15) is 5.82 Å². The van der Waals surface area contributed by atoms with Crippen molar-refractivity contribution in [2.24, 2.45) is 0 Å². The van der Waals surface area contributed by atoms with E-state index in [4.69, 9.17) is 0 Å². The SMILES string of the molecule is O=[N+]([O-])c1ccc(CNc2cccc(F)c2)c(Br)c1. The molecule has 0 amide bonds. The van der Waals surface area contributed by atoms with Gasteiger partial charge in [0, 0.05) is 28.8 Å². The zero-order valence-electron chi connectivity index (χ0n) is 9.77. The van der Waals surface area contributed by atoms with Gasteiger partial charge in [-0.05, 0) is 29.8 Å². The Balaban J connectivity index is 2.10.